The molecule has 0 aliphatic carbocycles. The van der Waals surface area contributed by atoms with E-state index in [0.29, 0.717) is 13.2 Å². The van der Waals surface area contributed by atoms with Crippen LogP contribution in [0.2, 0.25) is 0 Å². The van der Waals surface area contributed by atoms with E-state index in [9.17, 15) is 13.6 Å². The Kier molecular flexibility index (Phi) is 3.84. The third kappa shape index (κ3) is 2.88. The average Bonchev–Trinajstić information content (AvgIpc) is 2.35. The van der Waals surface area contributed by atoms with Crippen LogP contribution in [0, 0.1) is 17.6 Å². The number of Topliss-reactive ketones (excluding diaryl/α,β-unsaturated/α-hetero) is 1. The molecule has 17 heavy (non-hydrogen) atoms. The van der Waals surface area contributed by atoms with Crippen molar-refractivity contribution in [3.05, 3.63) is 35.4 Å². The van der Waals surface area contributed by atoms with Crippen molar-refractivity contribution >= 4 is 5.78 Å². The number of carbonyl (C=O) groups is 1. The normalized spacial score (nSPS) is 20.2. The molecule has 0 aromatic heterocycles. The number of ether oxygens (including phenoxy) is 1. The van der Waals surface area contributed by atoms with E-state index in [1.54, 1.807) is 0 Å². The minimum atomic E-state index is -0.657. The average molecular weight is 240 g/mol. The van der Waals surface area contributed by atoms with Gasteiger partial charge in [-0.2, -0.15) is 0 Å². The molecule has 1 aliphatic rings. The summed E-state index contributed by atoms with van der Waals surface area (Å²) in [7, 11) is 0. The van der Waals surface area contributed by atoms with Gasteiger partial charge in [-0.1, -0.05) is 6.07 Å². The standard InChI is InChI=1S/C13H14F2O2/c14-11-4-1-5-12(15)10(11)7-13(16)9-3-2-6-17-8-9/h1,4-5,9H,2-3,6-8H2. The van der Waals surface area contributed by atoms with Crippen molar-refractivity contribution in [3.8, 4) is 0 Å². The zero-order chi connectivity index (χ0) is 12.3. The summed E-state index contributed by atoms with van der Waals surface area (Å²) in [6.07, 6.45) is 1.39. The molecule has 0 N–H and O–H groups in total. The van der Waals surface area contributed by atoms with Gasteiger partial charge in [-0.05, 0) is 25.0 Å². The molecule has 1 aromatic carbocycles. The number of halogens is 2. The third-order valence-corrected chi connectivity index (χ3v) is 3.03. The summed E-state index contributed by atoms with van der Waals surface area (Å²) in [5.41, 5.74) is -0.136. The van der Waals surface area contributed by atoms with Crippen molar-refractivity contribution in [2.24, 2.45) is 5.92 Å². The molecule has 0 bridgehead atoms. The van der Waals surface area contributed by atoms with Gasteiger partial charge in [0.1, 0.15) is 17.4 Å². The zero-order valence-corrected chi connectivity index (χ0v) is 9.42. The van der Waals surface area contributed by atoms with E-state index in [1.807, 2.05) is 0 Å². The summed E-state index contributed by atoms with van der Waals surface area (Å²) >= 11 is 0. The van der Waals surface area contributed by atoms with E-state index in [0.717, 1.165) is 12.8 Å². The Morgan fingerprint density at radius 2 is 2.06 bits per heavy atom. The van der Waals surface area contributed by atoms with E-state index < -0.39 is 11.6 Å². The Morgan fingerprint density at radius 1 is 1.35 bits per heavy atom. The number of ketones is 1. The Labute approximate surface area is 98.6 Å². The molecule has 0 saturated carbocycles. The summed E-state index contributed by atoms with van der Waals surface area (Å²) in [5, 5.41) is 0. The first kappa shape index (κ1) is 12.2. The van der Waals surface area contributed by atoms with E-state index >= 15 is 0 Å². The minimum absolute atomic E-state index is 0.136. The van der Waals surface area contributed by atoms with Crippen LogP contribution in [0.25, 0.3) is 0 Å². The first-order valence-electron chi connectivity index (χ1n) is 5.72. The van der Waals surface area contributed by atoms with Crippen LogP contribution >= 0.6 is 0 Å². The van der Waals surface area contributed by atoms with Crippen molar-refractivity contribution in [1.82, 2.24) is 0 Å². The molecule has 1 fully saturated rings. The SMILES string of the molecule is O=C(Cc1c(F)cccc1F)C1CCCOC1. The molecule has 4 heteroatoms. The summed E-state index contributed by atoms with van der Waals surface area (Å²) in [4.78, 5) is 11.9. The van der Waals surface area contributed by atoms with Crippen LogP contribution in [0.15, 0.2) is 18.2 Å². The Bertz CT molecular complexity index is 392. The molecule has 1 aliphatic heterocycles. The number of benzene rings is 1. The lowest BCUT2D eigenvalue weighted by molar-refractivity contribution is -0.126. The van der Waals surface area contributed by atoms with Crippen LogP contribution in [-0.2, 0) is 16.0 Å². The first-order valence-corrected chi connectivity index (χ1v) is 5.72. The van der Waals surface area contributed by atoms with Gasteiger partial charge in [0.25, 0.3) is 0 Å². The molecule has 0 radical (unpaired) electrons. The van der Waals surface area contributed by atoms with Gasteiger partial charge < -0.3 is 4.74 Å². The lowest BCUT2D eigenvalue weighted by Crippen LogP contribution is -2.27. The molecule has 92 valence electrons. The van der Waals surface area contributed by atoms with E-state index in [-0.39, 0.29) is 23.7 Å². The quantitative estimate of drug-likeness (QED) is 0.811. The lowest BCUT2D eigenvalue weighted by Gasteiger charge is -2.20. The maximum Gasteiger partial charge on any atom is 0.142 e. The largest absolute Gasteiger partial charge is 0.381 e. The second kappa shape index (κ2) is 5.36. The van der Waals surface area contributed by atoms with Crippen LogP contribution < -0.4 is 0 Å². The molecule has 2 rings (SSSR count). The third-order valence-electron chi connectivity index (χ3n) is 3.03. The van der Waals surface area contributed by atoms with Crippen molar-refractivity contribution in [2.75, 3.05) is 13.2 Å². The van der Waals surface area contributed by atoms with Crippen LogP contribution in [-0.4, -0.2) is 19.0 Å². The van der Waals surface area contributed by atoms with Gasteiger partial charge in [0.2, 0.25) is 0 Å². The second-order valence-corrected chi connectivity index (χ2v) is 4.26. The highest BCUT2D eigenvalue weighted by Crippen LogP contribution is 2.19. The van der Waals surface area contributed by atoms with Crippen LogP contribution in [0.3, 0.4) is 0 Å². The predicted molar refractivity (Wildman–Crippen MR) is 58.6 cm³/mol. The Balaban J connectivity index is 2.07. The van der Waals surface area contributed by atoms with Gasteiger partial charge in [-0.25, -0.2) is 8.78 Å². The zero-order valence-electron chi connectivity index (χ0n) is 9.42. The summed E-state index contributed by atoms with van der Waals surface area (Å²) < 4.78 is 31.9. The van der Waals surface area contributed by atoms with Gasteiger partial charge in [-0.3, -0.25) is 4.79 Å². The highest BCUT2D eigenvalue weighted by Gasteiger charge is 2.23. The van der Waals surface area contributed by atoms with Crippen LogP contribution in [0.1, 0.15) is 18.4 Å². The van der Waals surface area contributed by atoms with E-state index in [4.69, 9.17) is 4.74 Å². The molecule has 1 heterocycles. The fourth-order valence-corrected chi connectivity index (χ4v) is 2.01. The lowest BCUT2D eigenvalue weighted by atomic mass is 9.93. The summed E-state index contributed by atoms with van der Waals surface area (Å²) in [6.45, 7) is 1.03. The molecule has 0 amide bonds. The number of hydrogen-bond acceptors (Lipinski definition) is 2. The van der Waals surface area contributed by atoms with Gasteiger partial charge in [0.05, 0.1) is 6.61 Å². The molecular weight excluding hydrogens is 226 g/mol. The maximum atomic E-state index is 13.4. The van der Waals surface area contributed by atoms with E-state index in [2.05, 4.69) is 0 Å². The van der Waals surface area contributed by atoms with Gasteiger partial charge in [-0.15, -0.1) is 0 Å². The Morgan fingerprint density at radius 3 is 2.65 bits per heavy atom. The van der Waals surface area contributed by atoms with E-state index in [1.165, 1.54) is 18.2 Å². The topological polar surface area (TPSA) is 26.3 Å². The van der Waals surface area contributed by atoms with Crippen LogP contribution in [0.4, 0.5) is 8.78 Å². The fraction of sp³-hybridized carbons (Fsp3) is 0.462. The minimum Gasteiger partial charge on any atom is -0.381 e. The van der Waals surface area contributed by atoms with Crippen molar-refractivity contribution in [2.45, 2.75) is 19.3 Å². The summed E-state index contributed by atoms with van der Waals surface area (Å²) in [5.74, 6) is -1.68. The highest BCUT2D eigenvalue weighted by atomic mass is 19.1. The molecule has 1 unspecified atom stereocenters. The molecular formula is C13H14F2O2. The van der Waals surface area contributed by atoms with Crippen molar-refractivity contribution in [3.63, 3.8) is 0 Å². The Hall–Kier alpha value is -1.29. The number of hydrogen-bond donors (Lipinski definition) is 0. The fourth-order valence-electron chi connectivity index (χ4n) is 2.01. The van der Waals surface area contributed by atoms with Gasteiger partial charge in [0, 0.05) is 24.5 Å². The first-order chi connectivity index (χ1) is 8.18. The predicted octanol–water partition coefficient (Wildman–Crippen LogP) is 2.50. The number of rotatable bonds is 3. The van der Waals surface area contributed by atoms with Crippen LogP contribution in [0.5, 0.6) is 0 Å². The molecule has 1 atom stereocenters. The van der Waals surface area contributed by atoms with Crippen molar-refractivity contribution in [1.29, 1.82) is 0 Å². The van der Waals surface area contributed by atoms with Crippen molar-refractivity contribution < 1.29 is 18.3 Å². The highest BCUT2D eigenvalue weighted by molar-refractivity contribution is 5.83. The molecule has 2 nitrogen and oxygen atoms in total. The summed E-state index contributed by atoms with van der Waals surface area (Å²) in [6, 6.07) is 3.63. The smallest absolute Gasteiger partial charge is 0.142 e. The molecule has 1 aromatic rings. The molecule has 1 saturated heterocycles. The second-order valence-electron chi connectivity index (χ2n) is 4.26. The number of carbonyl (C=O) groups excluding carboxylic acids is 1. The van der Waals surface area contributed by atoms with Gasteiger partial charge >= 0.3 is 0 Å². The maximum absolute atomic E-state index is 13.4. The molecule has 0 spiro atoms. The van der Waals surface area contributed by atoms with Gasteiger partial charge in [0.15, 0.2) is 0 Å². The monoisotopic (exact) mass is 240 g/mol.